The van der Waals surface area contributed by atoms with Gasteiger partial charge in [-0.1, -0.05) is 6.92 Å². The molecule has 0 saturated carbocycles. The van der Waals surface area contributed by atoms with Crippen LogP contribution in [-0.4, -0.2) is 27.5 Å². The summed E-state index contributed by atoms with van der Waals surface area (Å²) in [6.45, 7) is 8.06. The zero-order valence-electron chi connectivity index (χ0n) is 11.6. The van der Waals surface area contributed by atoms with Gasteiger partial charge in [0.05, 0.1) is 5.69 Å². The van der Waals surface area contributed by atoms with Crippen LogP contribution in [0.25, 0.3) is 0 Å². The average Bonchev–Trinajstić information content (AvgIpc) is 2.81. The highest BCUT2D eigenvalue weighted by atomic mass is 16.2. The SMILES string of the molecule is CCCn1cc(N)cc1C(=O)N1CCCC1(C)C. The molecular weight excluding hydrogens is 226 g/mol. The van der Waals surface area contributed by atoms with Crippen LogP contribution in [-0.2, 0) is 6.54 Å². The summed E-state index contributed by atoms with van der Waals surface area (Å²) >= 11 is 0. The fourth-order valence-corrected chi connectivity index (χ4v) is 2.76. The van der Waals surface area contributed by atoms with Crippen LogP contribution < -0.4 is 5.73 Å². The number of anilines is 1. The maximum atomic E-state index is 12.6. The Kier molecular flexibility index (Phi) is 3.37. The molecule has 0 aliphatic carbocycles. The molecule has 1 saturated heterocycles. The van der Waals surface area contributed by atoms with E-state index in [0.29, 0.717) is 5.69 Å². The second-order valence-electron chi connectivity index (χ2n) is 5.72. The summed E-state index contributed by atoms with van der Waals surface area (Å²) in [5, 5.41) is 0. The largest absolute Gasteiger partial charge is 0.397 e. The highest BCUT2D eigenvalue weighted by Gasteiger charge is 2.36. The van der Waals surface area contributed by atoms with Crippen molar-refractivity contribution < 1.29 is 4.79 Å². The molecule has 2 heterocycles. The van der Waals surface area contributed by atoms with Gasteiger partial charge in [0.25, 0.3) is 5.91 Å². The van der Waals surface area contributed by atoms with Crippen molar-refractivity contribution in [2.24, 2.45) is 0 Å². The zero-order valence-corrected chi connectivity index (χ0v) is 11.6. The summed E-state index contributed by atoms with van der Waals surface area (Å²) in [6, 6.07) is 1.80. The van der Waals surface area contributed by atoms with Gasteiger partial charge in [-0.2, -0.15) is 0 Å². The van der Waals surface area contributed by atoms with Gasteiger partial charge in [0, 0.05) is 24.8 Å². The molecule has 0 spiro atoms. The van der Waals surface area contributed by atoms with E-state index < -0.39 is 0 Å². The Bertz CT molecular complexity index is 448. The predicted molar refractivity (Wildman–Crippen MR) is 73.5 cm³/mol. The molecule has 18 heavy (non-hydrogen) atoms. The molecule has 1 amide bonds. The predicted octanol–water partition coefficient (Wildman–Crippen LogP) is 2.49. The Balaban J connectivity index is 2.28. The molecular formula is C14H23N3O. The second-order valence-corrected chi connectivity index (χ2v) is 5.72. The summed E-state index contributed by atoms with van der Waals surface area (Å²) in [6.07, 6.45) is 5.02. The minimum absolute atomic E-state index is 0.0346. The first kappa shape index (κ1) is 13.0. The number of hydrogen-bond donors (Lipinski definition) is 1. The monoisotopic (exact) mass is 249 g/mol. The second kappa shape index (κ2) is 4.67. The fraction of sp³-hybridized carbons (Fsp3) is 0.643. The molecule has 0 atom stereocenters. The molecule has 1 aliphatic rings. The third kappa shape index (κ3) is 2.24. The highest BCUT2D eigenvalue weighted by Crippen LogP contribution is 2.30. The van der Waals surface area contributed by atoms with E-state index in [-0.39, 0.29) is 11.4 Å². The number of nitrogens with two attached hydrogens (primary N) is 1. The maximum absolute atomic E-state index is 12.6. The van der Waals surface area contributed by atoms with E-state index in [1.165, 1.54) is 0 Å². The lowest BCUT2D eigenvalue weighted by Gasteiger charge is -2.31. The van der Waals surface area contributed by atoms with Gasteiger partial charge in [-0.05, 0) is 39.2 Å². The summed E-state index contributed by atoms with van der Waals surface area (Å²) in [7, 11) is 0. The number of likely N-dealkylation sites (tertiary alicyclic amines) is 1. The number of aromatic nitrogens is 1. The lowest BCUT2D eigenvalue weighted by molar-refractivity contribution is 0.0640. The molecule has 0 radical (unpaired) electrons. The first-order chi connectivity index (χ1) is 8.45. The topological polar surface area (TPSA) is 51.3 Å². The molecule has 2 N–H and O–H groups in total. The molecule has 4 heteroatoms. The van der Waals surface area contributed by atoms with Crippen LogP contribution in [0.1, 0.15) is 50.5 Å². The van der Waals surface area contributed by atoms with Crippen molar-refractivity contribution in [3.63, 3.8) is 0 Å². The molecule has 1 aliphatic heterocycles. The van der Waals surface area contributed by atoms with Crippen LogP contribution in [0.5, 0.6) is 0 Å². The number of carbonyl (C=O) groups excluding carboxylic acids is 1. The number of aryl methyl sites for hydroxylation is 1. The quantitative estimate of drug-likeness (QED) is 0.894. The Morgan fingerprint density at radius 1 is 1.50 bits per heavy atom. The van der Waals surface area contributed by atoms with Crippen molar-refractivity contribution in [1.82, 2.24) is 9.47 Å². The highest BCUT2D eigenvalue weighted by molar-refractivity contribution is 5.94. The summed E-state index contributed by atoms with van der Waals surface area (Å²) in [5.74, 6) is 0.114. The summed E-state index contributed by atoms with van der Waals surface area (Å²) in [4.78, 5) is 14.6. The van der Waals surface area contributed by atoms with Crippen molar-refractivity contribution in [1.29, 1.82) is 0 Å². The smallest absolute Gasteiger partial charge is 0.270 e. The number of rotatable bonds is 3. The Labute approximate surface area is 109 Å². The minimum Gasteiger partial charge on any atom is -0.397 e. The van der Waals surface area contributed by atoms with Gasteiger partial charge in [0.15, 0.2) is 0 Å². The number of nitrogens with zero attached hydrogens (tertiary/aromatic N) is 2. The number of amides is 1. The standard InChI is InChI=1S/C14H23N3O/c1-4-7-16-10-11(15)9-12(16)13(18)17-8-5-6-14(17,2)3/h9-10H,4-8,15H2,1-3H3. The van der Waals surface area contributed by atoms with E-state index in [0.717, 1.165) is 38.0 Å². The van der Waals surface area contributed by atoms with E-state index in [2.05, 4.69) is 20.8 Å². The molecule has 1 aromatic heterocycles. The molecule has 0 aromatic carbocycles. The summed E-state index contributed by atoms with van der Waals surface area (Å²) < 4.78 is 1.98. The Morgan fingerprint density at radius 3 is 2.78 bits per heavy atom. The Hall–Kier alpha value is -1.45. The van der Waals surface area contributed by atoms with Crippen LogP contribution in [0.3, 0.4) is 0 Å². The molecule has 2 rings (SSSR count). The van der Waals surface area contributed by atoms with E-state index >= 15 is 0 Å². The average molecular weight is 249 g/mol. The third-order valence-corrected chi connectivity index (χ3v) is 3.75. The molecule has 4 nitrogen and oxygen atoms in total. The van der Waals surface area contributed by atoms with Crippen LogP contribution in [0.15, 0.2) is 12.3 Å². The lowest BCUT2D eigenvalue weighted by atomic mass is 10.0. The zero-order chi connectivity index (χ0) is 13.3. The van der Waals surface area contributed by atoms with E-state index in [1.54, 1.807) is 6.07 Å². The first-order valence-corrected chi connectivity index (χ1v) is 6.73. The fourth-order valence-electron chi connectivity index (χ4n) is 2.76. The number of hydrogen-bond acceptors (Lipinski definition) is 2. The lowest BCUT2D eigenvalue weighted by Crippen LogP contribution is -2.43. The van der Waals surface area contributed by atoms with Gasteiger partial charge in [-0.25, -0.2) is 0 Å². The van der Waals surface area contributed by atoms with Crippen LogP contribution in [0.4, 0.5) is 5.69 Å². The van der Waals surface area contributed by atoms with E-state index in [9.17, 15) is 4.79 Å². The van der Waals surface area contributed by atoms with Gasteiger partial charge in [-0.15, -0.1) is 0 Å². The van der Waals surface area contributed by atoms with Crippen molar-refractivity contribution in [2.45, 2.75) is 52.1 Å². The molecule has 1 aromatic rings. The number of nitrogen functional groups attached to an aromatic ring is 1. The van der Waals surface area contributed by atoms with Crippen molar-refractivity contribution >= 4 is 11.6 Å². The van der Waals surface area contributed by atoms with Gasteiger partial charge >= 0.3 is 0 Å². The summed E-state index contributed by atoms with van der Waals surface area (Å²) in [5.41, 5.74) is 7.18. The molecule has 100 valence electrons. The van der Waals surface area contributed by atoms with E-state index in [1.807, 2.05) is 15.7 Å². The first-order valence-electron chi connectivity index (χ1n) is 6.73. The van der Waals surface area contributed by atoms with Crippen molar-refractivity contribution in [3.8, 4) is 0 Å². The normalized spacial score (nSPS) is 18.3. The molecule has 0 bridgehead atoms. The van der Waals surface area contributed by atoms with Gasteiger partial charge in [-0.3, -0.25) is 4.79 Å². The molecule has 0 unspecified atom stereocenters. The molecule has 1 fully saturated rings. The van der Waals surface area contributed by atoms with Crippen LogP contribution >= 0.6 is 0 Å². The van der Waals surface area contributed by atoms with E-state index in [4.69, 9.17) is 5.73 Å². The van der Waals surface area contributed by atoms with Crippen LogP contribution in [0.2, 0.25) is 0 Å². The third-order valence-electron chi connectivity index (χ3n) is 3.75. The Morgan fingerprint density at radius 2 is 2.22 bits per heavy atom. The minimum atomic E-state index is -0.0346. The van der Waals surface area contributed by atoms with Crippen molar-refractivity contribution in [2.75, 3.05) is 12.3 Å². The maximum Gasteiger partial charge on any atom is 0.270 e. The van der Waals surface area contributed by atoms with Gasteiger partial charge < -0.3 is 15.2 Å². The van der Waals surface area contributed by atoms with Crippen molar-refractivity contribution in [3.05, 3.63) is 18.0 Å². The van der Waals surface area contributed by atoms with Gasteiger partial charge in [0.2, 0.25) is 0 Å². The number of carbonyl (C=O) groups is 1. The van der Waals surface area contributed by atoms with Crippen LogP contribution in [0, 0.1) is 0 Å². The van der Waals surface area contributed by atoms with Gasteiger partial charge in [0.1, 0.15) is 5.69 Å².